The lowest BCUT2D eigenvalue weighted by Gasteiger charge is -2.26. The average Bonchev–Trinajstić information content (AvgIpc) is 2.50. The lowest BCUT2D eigenvalue weighted by atomic mass is 10.2. The van der Waals surface area contributed by atoms with Gasteiger partial charge in [-0.2, -0.15) is 0 Å². The van der Waals surface area contributed by atoms with Crippen LogP contribution in [0.5, 0.6) is 0 Å². The summed E-state index contributed by atoms with van der Waals surface area (Å²) in [7, 11) is 0. The van der Waals surface area contributed by atoms with Crippen LogP contribution < -0.4 is 11.5 Å². The third kappa shape index (κ3) is 2.61. The molecule has 5 N–H and O–H groups in total. The van der Waals surface area contributed by atoms with Gasteiger partial charge in [0.1, 0.15) is 5.84 Å². The van der Waals surface area contributed by atoms with Crippen LogP contribution in [0.4, 0.5) is 4.79 Å². The lowest BCUT2D eigenvalue weighted by Crippen LogP contribution is -2.46. The second-order valence-corrected chi connectivity index (χ2v) is 3.43. The van der Waals surface area contributed by atoms with E-state index in [4.69, 9.17) is 16.9 Å². The van der Waals surface area contributed by atoms with Gasteiger partial charge < -0.3 is 16.4 Å². The second kappa shape index (κ2) is 4.11. The van der Waals surface area contributed by atoms with Gasteiger partial charge >= 0.3 is 6.03 Å². The third-order valence-electron chi connectivity index (χ3n) is 2.39. The average molecular weight is 184 g/mol. The fraction of sp³-hybridized carbons (Fsp3) is 0.750. The standard InChI is InChI=1S/C8H16N4O/c9-7(10)5-12(8(11)13)6-3-1-2-4-6/h6H,1-5H2,(H3,9,10)(H2,11,13). The Morgan fingerprint density at radius 3 is 2.31 bits per heavy atom. The fourth-order valence-electron chi connectivity index (χ4n) is 1.79. The van der Waals surface area contributed by atoms with Crippen molar-refractivity contribution in [3.63, 3.8) is 0 Å². The van der Waals surface area contributed by atoms with Gasteiger partial charge in [-0.25, -0.2) is 4.79 Å². The van der Waals surface area contributed by atoms with Crippen LogP contribution in [0.3, 0.4) is 0 Å². The van der Waals surface area contributed by atoms with Crippen molar-refractivity contribution in [3.05, 3.63) is 0 Å². The Labute approximate surface area is 77.6 Å². The van der Waals surface area contributed by atoms with Gasteiger partial charge in [-0.05, 0) is 12.8 Å². The summed E-state index contributed by atoms with van der Waals surface area (Å²) in [5.74, 6) is -0.00861. The third-order valence-corrected chi connectivity index (χ3v) is 2.39. The number of amides is 2. The molecule has 0 saturated heterocycles. The predicted molar refractivity (Wildman–Crippen MR) is 50.5 cm³/mol. The fourth-order valence-corrected chi connectivity index (χ4v) is 1.79. The molecular weight excluding hydrogens is 168 g/mol. The Kier molecular flexibility index (Phi) is 3.11. The number of nitrogens with one attached hydrogen (secondary N) is 1. The SMILES string of the molecule is N=C(N)CN(C(N)=O)C1CCCC1. The molecule has 5 heteroatoms. The molecule has 0 aromatic heterocycles. The molecule has 0 aliphatic heterocycles. The lowest BCUT2D eigenvalue weighted by molar-refractivity contribution is 0.194. The van der Waals surface area contributed by atoms with Gasteiger partial charge in [0, 0.05) is 6.04 Å². The van der Waals surface area contributed by atoms with E-state index >= 15 is 0 Å². The smallest absolute Gasteiger partial charge is 0.315 e. The first-order valence-corrected chi connectivity index (χ1v) is 4.50. The maximum Gasteiger partial charge on any atom is 0.315 e. The number of primary amides is 1. The van der Waals surface area contributed by atoms with Crippen molar-refractivity contribution >= 4 is 11.9 Å². The summed E-state index contributed by atoms with van der Waals surface area (Å²) in [6.07, 6.45) is 4.23. The number of urea groups is 1. The summed E-state index contributed by atoms with van der Waals surface area (Å²) in [5, 5.41) is 7.11. The van der Waals surface area contributed by atoms with Gasteiger partial charge in [0.2, 0.25) is 0 Å². The van der Waals surface area contributed by atoms with Gasteiger partial charge in [-0.15, -0.1) is 0 Å². The van der Waals surface area contributed by atoms with E-state index in [2.05, 4.69) is 0 Å². The van der Waals surface area contributed by atoms with Crippen LogP contribution in [0.25, 0.3) is 0 Å². The molecule has 0 aromatic carbocycles. The van der Waals surface area contributed by atoms with Crippen LogP contribution in [0.1, 0.15) is 25.7 Å². The van der Waals surface area contributed by atoms with E-state index in [1.54, 1.807) is 0 Å². The van der Waals surface area contributed by atoms with Crippen LogP contribution in [0, 0.1) is 5.41 Å². The molecule has 0 atom stereocenters. The Hall–Kier alpha value is -1.26. The normalized spacial score (nSPS) is 17.2. The first-order valence-electron chi connectivity index (χ1n) is 4.50. The zero-order valence-corrected chi connectivity index (χ0v) is 7.62. The summed E-state index contributed by atoms with van der Waals surface area (Å²) in [6, 6.07) is -0.275. The maximum absolute atomic E-state index is 11.0. The maximum atomic E-state index is 11.0. The number of hydrogen-bond donors (Lipinski definition) is 3. The summed E-state index contributed by atoms with van der Waals surface area (Å²) >= 11 is 0. The molecule has 0 spiro atoms. The highest BCUT2D eigenvalue weighted by Gasteiger charge is 2.25. The number of nitrogens with two attached hydrogens (primary N) is 2. The summed E-state index contributed by atoms with van der Waals surface area (Å²) in [5.41, 5.74) is 10.4. The molecule has 74 valence electrons. The van der Waals surface area contributed by atoms with Gasteiger partial charge in [-0.3, -0.25) is 5.41 Å². The van der Waals surface area contributed by atoms with Crippen molar-refractivity contribution in [1.82, 2.24) is 4.90 Å². The van der Waals surface area contributed by atoms with E-state index in [9.17, 15) is 4.79 Å². The highest BCUT2D eigenvalue weighted by atomic mass is 16.2. The van der Waals surface area contributed by atoms with Crippen molar-refractivity contribution in [2.75, 3.05) is 6.54 Å². The van der Waals surface area contributed by atoms with Gasteiger partial charge in [0.05, 0.1) is 6.54 Å². The number of carbonyl (C=O) groups is 1. The van der Waals surface area contributed by atoms with Gasteiger partial charge in [-0.1, -0.05) is 12.8 Å². The Balaban J connectivity index is 2.55. The summed E-state index contributed by atoms with van der Waals surface area (Å²) < 4.78 is 0. The number of nitrogens with zero attached hydrogens (tertiary/aromatic N) is 1. The molecule has 1 rings (SSSR count). The molecule has 0 radical (unpaired) electrons. The largest absolute Gasteiger partial charge is 0.386 e. The molecule has 0 heterocycles. The minimum absolute atomic E-state index is 0.00861. The van der Waals surface area contributed by atoms with Gasteiger partial charge in [0.15, 0.2) is 0 Å². The predicted octanol–water partition coefficient (Wildman–Crippen LogP) is 0.246. The number of amidine groups is 1. The van der Waals surface area contributed by atoms with Crippen LogP contribution in [0.15, 0.2) is 0 Å². The molecular formula is C8H16N4O. The van der Waals surface area contributed by atoms with Crippen molar-refractivity contribution in [1.29, 1.82) is 5.41 Å². The molecule has 0 aromatic rings. The van der Waals surface area contributed by atoms with Gasteiger partial charge in [0.25, 0.3) is 0 Å². The molecule has 1 aliphatic rings. The first-order chi connectivity index (χ1) is 6.11. The zero-order valence-electron chi connectivity index (χ0n) is 7.62. The Morgan fingerprint density at radius 2 is 1.92 bits per heavy atom. The molecule has 1 saturated carbocycles. The number of rotatable bonds is 3. The van der Waals surface area contributed by atoms with E-state index in [0.717, 1.165) is 25.7 Å². The summed E-state index contributed by atoms with van der Waals surface area (Å²) in [6.45, 7) is 0.167. The van der Waals surface area contributed by atoms with E-state index < -0.39 is 6.03 Å². The van der Waals surface area contributed by atoms with Crippen LogP contribution in [-0.2, 0) is 0 Å². The molecule has 1 aliphatic carbocycles. The van der Waals surface area contributed by atoms with Crippen LogP contribution >= 0.6 is 0 Å². The topological polar surface area (TPSA) is 96.2 Å². The van der Waals surface area contributed by atoms with Crippen molar-refractivity contribution < 1.29 is 4.79 Å². The molecule has 1 fully saturated rings. The van der Waals surface area contributed by atoms with Crippen LogP contribution in [-0.4, -0.2) is 29.4 Å². The molecule has 13 heavy (non-hydrogen) atoms. The van der Waals surface area contributed by atoms with Crippen molar-refractivity contribution in [2.24, 2.45) is 11.5 Å². The molecule has 0 bridgehead atoms. The number of hydrogen-bond acceptors (Lipinski definition) is 2. The highest BCUT2D eigenvalue weighted by molar-refractivity contribution is 5.84. The quantitative estimate of drug-likeness (QED) is 0.433. The monoisotopic (exact) mass is 184 g/mol. The van der Waals surface area contributed by atoms with Crippen LogP contribution in [0.2, 0.25) is 0 Å². The number of carbonyl (C=O) groups excluding carboxylic acids is 1. The van der Waals surface area contributed by atoms with E-state index in [-0.39, 0.29) is 18.4 Å². The van der Waals surface area contributed by atoms with E-state index in [0.29, 0.717) is 0 Å². The zero-order chi connectivity index (χ0) is 9.84. The van der Waals surface area contributed by atoms with Crippen molar-refractivity contribution in [2.45, 2.75) is 31.7 Å². The summed E-state index contributed by atoms with van der Waals surface area (Å²) in [4.78, 5) is 12.5. The Morgan fingerprint density at radius 1 is 1.38 bits per heavy atom. The van der Waals surface area contributed by atoms with Crippen molar-refractivity contribution in [3.8, 4) is 0 Å². The minimum atomic E-state index is -0.470. The molecule has 5 nitrogen and oxygen atoms in total. The Bertz CT molecular complexity index is 210. The van der Waals surface area contributed by atoms with E-state index in [1.807, 2.05) is 0 Å². The highest BCUT2D eigenvalue weighted by Crippen LogP contribution is 2.22. The molecule has 2 amide bonds. The minimum Gasteiger partial charge on any atom is -0.386 e. The first kappa shape index (κ1) is 9.83. The molecule has 0 unspecified atom stereocenters. The van der Waals surface area contributed by atoms with E-state index in [1.165, 1.54) is 4.90 Å². The second-order valence-electron chi connectivity index (χ2n) is 3.43.